The molecule has 9 heteroatoms. The zero-order chi connectivity index (χ0) is 20.3. The molecule has 7 nitrogen and oxygen atoms in total. The molecule has 0 saturated carbocycles. The highest BCUT2D eigenvalue weighted by Gasteiger charge is 2.15. The normalized spacial score (nSPS) is 12.0. The van der Waals surface area contributed by atoms with E-state index in [9.17, 15) is 13.2 Å². The Balaban J connectivity index is 1.67. The van der Waals surface area contributed by atoms with Gasteiger partial charge in [0.2, 0.25) is 0 Å². The second-order valence-electron chi connectivity index (χ2n) is 6.08. The average Bonchev–Trinajstić information content (AvgIpc) is 3.30. The molecule has 1 amide bonds. The fraction of sp³-hybridized carbons (Fsp3) is 0.158. The summed E-state index contributed by atoms with van der Waals surface area (Å²) in [6.45, 7) is 5.45. The summed E-state index contributed by atoms with van der Waals surface area (Å²) in [6.07, 6.45) is 0. The molecule has 0 spiro atoms. The average molecular weight is 418 g/mol. The highest BCUT2D eigenvalue weighted by atomic mass is 32.2. The van der Waals surface area contributed by atoms with Crippen molar-refractivity contribution in [3.63, 3.8) is 0 Å². The zero-order valence-electron chi connectivity index (χ0n) is 15.5. The molecule has 0 fully saturated rings. The first-order chi connectivity index (χ1) is 13.3. The van der Waals surface area contributed by atoms with Gasteiger partial charge < -0.3 is 4.42 Å². The van der Waals surface area contributed by atoms with E-state index in [2.05, 4.69) is 15.2 Å². The van der Waals surface area contributed by atoms with Crippen molar-refractivity contribution in [2.45, 2.75) is 25.0 Å². The van der Waals surface area contributed by atoms with Crippen LogP contribution in [0.5, 0.6) is 0 Å². The van der Waals surface area contributed by atoms with Crippen LogP contribution in [-0.2, 0) is 10.0 Å². The molecule has 3 rings (SSSR count). The summed E-state index contributed by atoms with van der Waals surface area (Å²) in [5.74, 6) is 1.11. The molecule has 1 aromatic carbocycles. The fourth-order valence-electron chi connectivity index (χ4n) is 2.56. The van der Waals surface area contributed by atoms with E-state index < -0.39 is 15.9 Å². The molecule has 0 aliphatic rings. The van der Waals surface area contributed by atoms with Gasteiger partial charge in [-0.3, -0.25) is 9.52 Å². The molecule has 0 aliphatic heterocycles. The van der Waals surface area contributed by atoms with Crippen LogP contribution in [-0.4, -0.2) is 20.0 Å². The number of aryl methyl sites for hydroxylation is 2. The number of sulfonamides is 1. The standard InChI is InChI=1S/C19H19N3O4S2/c1-12-11-17(14(3)26-12)13(2)20-21-19(23)15-6-8-16(9-7-15)22-28(24,25)18-5-4-10-27-18/h4-11,22H,1-3H3,(H,21,23)/b20-13-. The van der Waals surface area contributed by atoms with Crippen LogP contribution in [0.4, 0.5) is 5.69 Å². The van der Waals surface area contributed by atoms with E-state index in [-0.39, 0.29) is 4.21 Å². The Morgan fingerprint density at radius 2 is 1.86 bits per heavy atom. The third-order valence-corrected chi connectivity index (χ3v) is 6.69. The Bertz CT molecular complexity index is 1110. The van der Waals surface area contributed by atoms with E-state index in [0.717, 1.165) is 28.4 Å². The first-order valence-corrected chi connectivity index (χ1v) is 10.7. The number of benzene rings is 1. The number of hydrogen-bond donors (Lipinski definition) is 2. The number of amides is 1. The van der Waals surface area contributed by atoms with E-state index in [1.807, 2.05) is 19.9 Å². The zero-order valence-corrected chi connectivity index (χ0v) is 17.1. The van der Waals surface area contributed by atoms with Crippen LogP contribution in [0.3, 0.4) is 0 Å². The lowest BCUT2D eigenvalue weighted by Gasteiger charge is -2.07. The van der Waals surface area contributed by atoms with Gasteiger partial charge in [-0.1, -0.05) is 6.07 Å². The molecule has 0 unspecified atom stereocenters. The summed E-state index contributed by atoms with van der Waals surface area (Å²) < 4.78 is 32.6. The maximum absolute atomic E-state index is 12.3. The van der Waals surface area contributed by atoms with Crippen molar-refractivity contribution in [3.05, 3.63) is 70.5 Å². The number of hydrazone groups is 1. The SMILES string of the molecule is C/C(=N/NC(=O)c1ccc(NS(=O)(=O)c2cccs2)cc1)c1cc(C)oc1C. The number of nitrogens with one attached hydrogen (secondary N) is 2. The molecular formula is C19H19N3O4S2. The van der Waals surface area contributed by atoms with Crippen molar-refractivity contribution in [2.75, 3.05) is 4.72 Å². The lowest BCUT2D eigenvalue weighted by atomic mass is 10.2. The van der Waals surface area contributed by atoms with Crippen molar-refractivity contribution in [2.24, 2.45) is 5.10 Å². The lowest BCUT2D eigenvalue weighted by Crippen LogP contribution is -2.19. The molecule has 2 aromatic heterocycles. The molecule has 0 radical (unpaired) electrons. The van der Waals surface area contributed by atoms with Gasteiger partial charge >= 0.3 is 0 Å². The monoisotopic (exact) mass is 417 g/mol. The third kappa shape index (κ3) is 4.49. The Hall–Kier alpha value is -2.91. The summed E-state index contributed by atoms with van der Waals surface area (Å²) in [4.78, 5) is 12.3. The lowest BCUT2D eigenvalue weighted by molar-refractivity contribution is 0.0955. The molecule has 0 aliphatic carbocycles. The van der Waals surface area contributed by atoms with Crippen LogP contribution in [0.15, 0.2) is 61.6 Å². The number of anilines is 1. The summed E-state index contributed by atoms with van der Waals surface area (Å²) in [7, 11) is -3.62. The first kappa shape index (κ1) is 19.8. The van der Waals surface area contributed by atoms with Gasteiger partial charge in [-0.15, -0.1) is 11.3 Å². The Morgan fingerprint density at radius 1 is 1.14 bits per heavy atom. The molecule has 0 atom stereocenters. The fourth-order valence-corrected chi connectivity index (χ4v) is 4.61. The van der Waals surface area contributed by atoms with Gasteiger partial charge in [0.05, 0.1) is 5.71 Å². The van der Waals surface area contributed by atoms with Gasteiger partial charge in [0, 0.05) is 16.8 Å². The summed E-state index contributed by atoms with van der Waals surface area (Å²) in [5, 5.41) is 5.80. The predicted molar refractivity (Wildman–Crippen MR) is 109 cm³/mol. The van der Waals surface area contributed by atoms with Crippen LogP contribution >= 0.6 is 11.3 Å². The van der Waals surface area contributed by atoms with E-state index in [4.69, 9.17) is 4.42 Å². The number of nitrogens with zero attached hydrogens (tertiary/aromatic N) is 1. The molecule has 2 N–H and O–H groups in total. The van der Waals surface area contributed by atoms with E-state index >= 15 is 0 Å². The van der Waals surface area contributed by atoms with Crippen LogP contribution in [0.1, 0.15) is 34.4 Å². The third-order valence-electron chi connectivity index (χ3n) is 3.92. The molecule has 0 saturated heterocycles. The largest absolute Gasteiger partial charge is 0.466 e. The van der Waals surface area contributed by atoms with Gasteiger partial charge in [-0.05, 0) is 62.5 Å². The van der Waals surface area contributed by atoms with Crippen LogP contribution < -0.4 is 10.1 Å². The van der Waals surface area contributed by atoms with Gasteiger partial charge in [0.1, 0.15) is 15.7 Å². The number of carbonyl (C=O) groups excluding carboxylic acids is 1. The van der Waals surface area contributed by atoms with Crippen molar-refractivity contribution < 1.29 is 17.6 Å². The maximum Gasteiger partial charge on any atom is 0.271 e. The van der Waals surface area contributed by atoms with E-state index in [1.165, 1.54) is 30.3 Å². The van der Waals surface area contributed by atoms with Gasteiger partial charge in [0.25, 0.3) is 15.9 Å². The number of hydrogen-bond acceptors (Lipinski definition) is 6. The Kier molecular flexibility index (Phi) is 5.66. The number of rotatable bonds is 6. The second-order valence-corrected chi connectivity index (χ2v) is 8.94. The predicted octanol–water partition coefficient (Wildman–Crippen LogP) is 3.91. The van der Waals surface area contributed by atoms with Gasteiger partial charge in [-0.25, -0.2) is 13.8 Å². The number of carbonyl (C=O) groups is 1. The molecule has 28 heavy (non-hydrogen) atoms. The summed E-state index contributed by atoms with van der Waals surface area (Å²) in [6, 6.07) is 11.2. The highest BCUT2D eigenvalue weighted by Crippen LogP contribution is 2.20. The number of furan rings is 1. The van der Waals surface area contributed by atoms with Gasteiger partial charge in [0.15, 0.2) is 0 Å². The van der Waals surface area contributed by atoms with E-state index in [0.29, 0.717) is 17.0 Å². The maximum atomic E-state index is 12.3. The number of thiophene rings is 1. The Labute approximate surface area is 167 Å². The minimum Gasteiger partial charge on any atom is -0.466 e. The van der Waals surface area contributed by atoms with Crippen molar-refractivity contribution in [1.82, 2.24) is 5.43 Å². The van der Waals surface area contributed by atoms with Crippen molar-refractivity contribution >= 4 is 38.7 Å². The first-order valence-electron chi connectivity index (χ1n) is 8.35. The van der Waals surface area contributed by atoms with E-state index in [1.54, 1.807) is 18.4 Å². The second kappa shape index (κ2) is 7.99. The molecule has 146 valence electrons. The van der Waals surface area contributed by atoms with Crippen LogP contribution in [0.25, 0.3) is 0 Å². The smallest absolute Gasteiger partial charge is 0.271 e. The van der Waals surface area contributed by atoms with Crippen LogP contribution in [0, 0.1) is 13.8 Å². The Morgan fingerprint density at radius 3 is 2.43 bits per heavy atom. The summed E-state index contributed by atoms with van der Waals surface area (Å²) in [5.41, 5.74) is 4.68. The topological polar surface area (TPSA) is 101 Å². The van der Waals surface area contributed by atoms with Gasteiger partial charge in [-0.2, -0.15) is 5.10 Å². The molecule has 0 bridgehead atoms. The molecule has 3 aromatic rings. The quantitative estimate of drug-likeness (QED) is 0.469. The molecule has 2 heterocycles. The van der Waals surface area contributed by atoms with Crippen molar-refractivity contribution in [1.29, 1.82) is 0 Å². The minimum absolute atomic E-state index is 0.226. The van der Waals surface area contributed by atoms with Crippen molar-refractivity contribution in [3.8, 4) is 0 Å². The van der Waals surface area contributed by atoms with Crippen LogP contribution in [0.2, 0.25) is 0 Å². The summed E-state index contributed by atoms with van der Waals surface area (Å²) >= 11 is 1.13. The minimum atomic E-state index is -3.62. The highest BCUT2D eigenvalue weighted by molar-refractivity contribution is 7.94. The molecular weight excluding hydrogens is 398 g/mol.